The van der Waals surface area contributed by atoms with Crippen LogP contribution in [0, 0.1) is 0 Å². The van der Waals surface area contributed by atoms with Crippen LogP contribution in [0.4, 0.5) is 0 Å². The second kappa shape index (κ2) is 7.39. The van der Waals surface area contributed by atoms with E-state index in [1.807, 2.05) is 37.3 Å². The molecule has 5 heteroatoms. The van der Waals surface area contributed by atoms with E-state index in [1.54, 1.807) is 13.2 Å². The smallest absolute Gasteiger partial charge is 0.138 e. The number of hydrogen-bond acceptors (Lipinski definition) is 2. The zero-order valence-corrected chi connectivity index (χ0v) is 14.8. The lowest BCUT2D eigenvalue weighted by Gasteiger charge is -2.17. The molecule has 0 heterocycles. The molecule has 0 fully saturated rings. The number of hydrogen-bond donors (Lipinski definition) is 0. The fourth-order valence-corrected chi connectivity index (χ4v) is 3.44. The maximum Gasteiger partial charge on any atom is 0.138 e. The lowest BCUT2D eigenvalue weighted by molar-refractivity contribution is 0.337. The summed E-state index contributed by atoms with van der Waals surface area (Å²) >= 11 is 16.2. The quantitative estimate of drug-likeness (QED) is 0.594. The molecular formula is C16H15BrCl2O2. The summed E-state index contributed by atoms with van der Waals surface area (Å²) in [5.74, 6) is 1.38. The van der Waals surface area contributed by atoms with Gasteiger partial charge in [-0.05, 0) is 24.6 Å². The lowest BCUT2D eigenvalue weighted by atomic mass is 10.0. The Balaban J connectivity index is 2.45. The monoisotopic (exact) mass is 388 g/mol. The first-order chi connectivity index (χ1) is 10.1. The maximum absolute atomic E-state index is 6.34. The second-order valence-corrected chi connectivity index (χ2v) is 6.07. The van der Waals surface area contributed by atoms with Gasteiger partial charge in [-0.25, -0.2) is 0 Å². The Kier molecular flexibility index (Phi) is 5.80. The summed E-state index contributed by atoms with van der Waals surface area (Å²) < 4.78 is 10.8. The Bertz CT molecular complexity index is 632. The number of alkyl halides is 1. The predicted octanol–water partition coefficient (Wildman–Crippen LogP) is 5.89. The highest BCUT2D eigenvalue weighted by Gasteiger charge is 2.19. The van der Waals surface area contributed by atoms with E-state index >= 15 is 0 Å². The highest BCUT2D eigenvalue weighted by atomic mass is 79.9. The van der Waals surface area contributed by atoms with E-state index in [-0.39, 0.29) is 4.83 Å². The van der Waals surface area contributed by atoms with E-state index in [2.05, 4.69) is 15.9 Å². The normalized spacial score (nSPS) is 12.0. The number of para-hydroxylation sites is 1. The second-order valence-electron chi connectivity index (χ2n) is 4.34. The van der Waals surface area contributed by atoms with Gasteiger partial charge in [0, 0.05) is 16.7 Å². The van der Waals surface area contributed by atoms with Crippen LogP contribution in [-0.2, 0) is 0 Å². The van der Waals surface area contributed by atoms with Crippen LogP contribution in [0.5, 0.6) is 11.5 Å². The van der Waals surface area contributed by atoms with Crippen molar-refractivity contribution in [3.63, 3.8) is 0 Å². The molecular weight excluding hydrogens is 375 g/mol. The number of methoxy groups -OCH3 is 1. The Labute approximate surface area is 143 Å². The molecule has 0 radical (unpaired) electrons. The molecule has 0 bridgehead atoms. The van der Waals surface area contributed by atoms with E-state index in [1.165, 1.54) is 0 Å². The van der Waals surface area contributed by atoms with Gasteiger partial charge in [0.1, 0.15) is 11.5 Å². The molecule has 2 aromatic carbocycles. The zero-order valence-electron chi connectivity index (χ0n) is 11.7. The van der Waals surface area contributed by atoms with Gasteiger partial charge in [-0.3, -0.25) is 0 Å². The van der Waals surface area contributed by atoms with Gasteiger partial charge in [-0.1, -0.05) is 57.3 Å². The number of ether oxygens (including phenoxy) is 2. The molecule has 0 aliphatic heterocycles. The molecule has 0 N–H and O–H groups in total. The van der Waals surface area contributed by atoms with Gasteiger partial charge in [0.2, 0.25) is 0 Å². The minimum Gasteiger partial charge on any atom is -0.495 e. The molecule has 0 aliphatic carbocycles. The fraction of sp³-hybridized carbons (Fsp3) is 0.250. The van der Waals surface area contributed by atoms with Crippen LogP contribution in [0.2, 0.25) is 10.0 Å². The van der Waals surface area contributed by atoms with E-state index in [4.69, 9.17) is 32.7 Å². The fourth-order valence-electron chi connectivity index (χ4n) is 2.04. The number of halogens is 3. The van der Waals surface area contributed by atoms with Gasteiger partial charge in [0.15, 0.2) is 0 Å². The third-order valence-corrected chi connectivity index (χ3v) is 4.65. The van der Waals surface area contributed by atoms with Crippen LogP contribution in [0.25, 0.3) is 0 Å². The molecule has 1 unspecified atom stereocenters. The summed E-state index contributed by atoms with van der Waals surface area (Å²) in [6, 6.07) is 11.4. The van der Waals surface area contributed by atoms with Gasteiger partial charge >= 0.3 is 0 Å². The molecule has 1 atom stereocenters. The molecule has 0 spiro atoms. The van der Waals surface area contributed by atoms with Crippen molar-refractivity contribution in [2.45, 2.75) is 11.8 Å². The van der Waals surface area contributed by atoms with E-state index < -0.39 is 0 Å². The summed E-state index contributed by atoms with van der Waals surface area (Å²) in [5, 5.41) is 1.11. The number of benzene rings is 2. The van der Waals surface area contributed by atoms with Crippen molar-refractivity contribution in [1.82, 2.24) is 0 Å². The average molecular weight is 390 g/mol. The van der Waals surface area contributed by atoms with E-state index in [9.17, 15) is 0 Å². The molecule has 0 aromatic heterocycles. The predicted molar refractivity (Wildman–Crippen MR) is 91.4 cm³/mol. The summed E-state index contributed by atoms with van der Waals surface area (Å²) in [6.07, 6.45) is 0. The summed E-state index contributed by atoms with van der Waals surface area (Å²) in [4.78, 5) is -0.115. The molecule has 2 nitrogen and oxygen atoms in total. The first-order valence-electron chi connectivity index (χ1n) is 6.47. The average Bonchev–Trinajstić information content (AvgIpc) is 2.49. The molecule has 2 rings (SSSR count). The highest BCUT2D eigenvalue weighted by molar-refractivity contribution is 9.09. The van der Waals surface area contributed by atoms with Crippen molar-refractivity contribution >= 4 is 39.1 Å². The number of rotatable bonds is 5. The van der Waals surface area contributed by atoms with Crippen molar-refractivity contribution in [1.29, 1.82) is 0 Å². The van der Waals surface area contributed by atoms with Crippen LogP contribution in [-0.4, -0.2) is 13.7 Å². The van der Waals surface area contributed by atoms with Gasteiger partial charge in [0.05, 0.1) is 23.6 Å². The Morgan fingerprint density at radius 2 is 1.76 bits per heavy atom. The van der Waals surface area contributed by atoms with Crippen molar-refractivity contribution in [3.8, 4) is 11.5 Å². The summed E-state index contributed by atoms with van der Waals surface area (Å²) in [5.41, 5.74) is 1.87. The summed E-state index contributed by atoms with van der Waals surface area (Å²) in [7, 11) is 1.56. The minimum atomic E-state index is -0.115. The standard InChI is InChI=1S/C16H15BrCl2O2/c1-3-21-14-7-5-4-6-10(14)16(17)11-8-13(19)15(20-2)9-12(11)18/h4-9,16H,3H2,1-2H3. The van der Waals surface area contributed by atoms with E-state index in [0.29, 0.717) is 22.4 Å². The first kappa shape index (κ1) is 16.5. The minimum absolute atomic E-state index is 0.115. The molecule has 0 saturated heterocycles. The lowest BCUT2D eigenvalue weighted by Crippen LogP contribution is -2.00. The van der Waals surface area contributed by atoms with Crippen LogP contribution >= 0.6 is 39.1 Å². The van der Waals surface area contributed by atoms with Crippen LogP contribution in [0.15, 0.2) is 36.4 Å². The third kappa shape index (κ3) is 3.65. The SMILES string of the molecule is CCOc1ccccc1C(Br)c1cc(Cl)c(OC)cc1Cl. The molecule has 0 saturated carbocycles. The largest absolute Gasteiger partial charge is 0.495 e. The van der Waals surface area contributed by atoms with Crippen LogP contribution < -0.4 is 9.47 Å². The third-order valence-electron chi connectivity index (χ3n) is 3.04. The van der Waals surface area contributed by atoms with Gasteiger partial charge in [-0.2, -0.15) is 0 Å². The van der Waals surface area contributed by atoms with Crippen molar-refractivity contribution in [2.24, 2.45) is 0 Å². The molecule has 0 amide bonds. The zero-order chi connectivity index (χ0) is 15.4. The summed E-state index contributed by atoms with van der Waals surface area (Å²) in [6.45, 7) is 2.56. The van der Waals surface area contributed by atoms with Gasteiger partial charge in [-0.15, -0.1) is 0 Å². The maximum atomic E-state index is 6.34. The molecule has 21 heavy (non-hydrogen) atoms. The van der Waals surface area contributed by atoms with Gasteiger partial charge < -0.3 is 9.47 Å². The Hall–Kier alpha value is -0.900. The van der Waals surface area contributed by atoms with Crippen LogP contribution in [0.1, 0.15) is 22.9 Å². The first-order valence-corrected chi connectivity index (χ1v) is 8.14. The van der Waals surface area contributed by atoms with Crippen LogP contribution in [0.3, 0.4) is 0 Å². The van der Waals surface area contributed by atoms with Crippen molar-refractivity contribution in [2.75, 3.05) is 13.7 Å². The van der Waals surface area contributed by atoms with E-state index in [0.717, 1.165) is 16.9 Å². The Morgan fingerprint density at radius 1 is 1.05 bits per heavy atom. The van der Waals surface area contributed by atoms with Crippen molar-refractivity contribution in [3.05, 3.63) is 57.6 Å². The molecule has 2 aromatic rings. The molecule has 0 aliphatic rings. The van der Waals surface area contributed by atoms with Gasteiger partial charge in [0.25, 0.3) is 0 Å². The Morgan fingerprint density at radius 3 is 2.43 bits per heavy atom. The highest BCUT2D eigenvalue weighted by Crippen LogP contribution is 2.42. The van der Waals surface area contributed by atoms with Crippen molar-refractivity contribution < 1.29 is 9.47 Å². The molecule has 112 valence electrons. The topological polar surface area (TPSA) is 18.5 Å².